The zero-order valence-corrected chi connectivity index (χ0v) is 15.5. The van der Waals surface area contributed by atoms with Crippen LogP contribution in [0.2, 0.25) is 0 Å². The first kappa shape index (κ1) is 19.6. The Bertz CT molecular complexity index is 840. The lowest BCUT2D eigenvalue weighted by Crippen LogP contribution is -2.72. The van der Waals surface area contributed by atoms with Gasteiger partial charge in [0, 0.05) is 0 Å². The molecule has 0 spiro atoms. The van der Waals surface area contributed by atoms with Crippen LogP contribution in [0.15, 0.2) is 41.8 Å². The van der Waals surface area contributed by atoms with E-state index in [1.54, 1.807) is 23.6 Å². The largest absolute Gasteiger partial charge is 0.497 e. The highest BCUT2D eigenvalue weighted by Crippen LogP contribution is 2.44. The lowest BCUT2D eigenvalue weighted by molar-refractivity contribution is -0.285. The maximum Gasteiger partial charge on any atom is 0.437 e. The minimum atomic E-state index is -5.14. The number of nitrogens with one attached hydrogen (secondary N) is 2. The highest BCUT2D eigenvalue weighted by Gasteiger charge is 2.65. The van der Waals surface area contributed by atoms with Crippen LogP contribution < -0.4 is 15.4 Å². The number of thiocarbonyl (C=S) groups is 1. The maximum absolute atomic E-state index is 13.8. The third-order valence-corrected chi connectivity index (χ3v) is 5.43. The molecule has 1 aromatic carbocycles. The van der Waals surface area contributed by atoms with E-state index in [4.69, 9.17) is 17.0 Å². The first-order valence-corrected chi connectivity index (χ1v) is 9.05. The van der Waals surface area contributed by atoms with Gasteiger partial charge in [0.15, 0.2) is 10.9 Å². The van der Waals surface area contributed by atoms with E-state index in [0.717, 1.165) is 11.3 Å². The van der Waals surface area contributed by atoms with Gasteiger partial charge in [-0.05, 0) is 41.4 Å². The number of benzene rings is 1. The van der Waals surface area contributed by atoms with Crippen molar-refractivity contribution < 1.29 is 27.8 Å². The van der Waals surface area contributed by atoms with Crippen molar-refractivity contribution in [2.24, 2.45) is 5.92 Å². The molecule has 3 rings (SSSR count). The number of alkyl halides is 3. The average molecular weight is 416 g/mol. The molecule has 27 heavy (non-hydrogen) atoms. The number of halogens is 3. The molecule has 1 fully saturated rings. The first-order chi connectivity index (χ1) is 12.7. The second kappa shape index (κ2) is 7.10. The third kappa shape index (κ3) is 3.52. The standard InChI is InChI=1S/C17H15F3N2O3S2/c1-25-10-6-4-9(5-7-10)13-12(14(23)11-3-2-8-27-11)16(24,17(18,19)20)22-15(26)21-13/h2-8,12-13,24H,1H3,(H2,21,22,26)/t12-,13+,16+/m0/s1. The van der Waals surface area contributed by atoms with Gasteiger partial charge in [0.1, 0.15) is 11.7 Å². The summed E-state index contributed by atoms with van der Waals surface area (Å²) < 4.78 is 46.4. The number of hydrogen-bond donors (Lipinski definition) is 3. The Balaban J connectivity index is 2.12. The number of carbonyl (C=O) groups excluding carboxylic acids is 1. The van der Waals surface area contributed by atoms with Crippen molar-refractivity contribution in [1.82, 2.24) is 10.6 Å². The maximum atomic E-state index is 13.8. The fourth-order valence-corrected chi connectivity index (χ4v) is 3.99. The van der Waals surface area contributed by atoms with Gasteiger partial charge in [-0.15, -0.1) is 11.3 Å². The molecule has 0 bridgehead atoms. The molecule has 0 radical (unpaired) electrons. The molecule has 0 aliphatic carbocycles. The van der Waals surface area contributed by atoms with E-state index in [2.05, 4.69) is 5.32 Å². The smallest absolute Gasteiger partial charge is 0.437 e. The Morgan fingerprint density at radius 1 is 1.30 bits per heavy atom. The molecule has 0 unspecified atom stereocenters. The molecule has 10 heteroatoms. The lowest BCUT2D eigenvalue weighted by atomic mass is 9.79. The molecule has 3 atom stereocenters. The summed E-state index contributed by atoms with van der Waals surface area (Å²) in [4.78, 5) is 13.0. The third-order valence-electron chi connectivity index (χ3n) is 4.33. The number of rotatable bonds is 4. The van der Waals surface area contributed by atoms with Crippen LogP contribution in [-0.2, 0) is 0 Å². The van der Waals surface area contributed by atoms with E-state index in [0.29, 0.717) is 11.3 Å². The Morgan fingerprint density at radius 2 is 1.96 bits per heavy atom. The van der Waals surface area contributed by atoms with Gasteiger partial charge < -0.3 is 20.5 Å². The summed E-state index contributed by atoms with van der Waals surface area (Å²) in [5.74, 6) is -2.23. The predicted octanol–water partition coefficient (Wildman–Crippen LogP) is 3.03. The van der Waals surface area contributed by atoms with Crippen molar-refractivity contribution in [2.75, 3.05) is 7.11 Å². The van der Waals surface area contributed by atoms with Gasteiger partial charge in [-0.3, -0.25) is 4.79 Å². The van der Waals surface area contributed by atoms with Crippen LogP contribution in [0, 0.1) is 5.92 Å². The van der Waals surface area contributed by atoms with Gasteiger partial charge in [-0.2, -0.15) is 13.2 Å². The van der Waals surface area contributed by atoms with E-state index >= 15 is 0 Å². The lowest BCUT2D eigenvalue weighted by Gasteiger charge is -2.46. The minimum Gasteiger partial charge on any atom is -0.497 e. The minimum absolute atomic E-state index is 0.109. The number of hydrogen-bond acceptors (Lipinski definition) is 5. The molecule has 3 N–H and O–H groups in total. The van der Waals surface area contributed by atoms with Crippen LogP contribution in [0.5, 0.6) is 5.75 Å². The molecule has 0 saturated carbocycles. The normalized spacial score (nSPS) is 25.4. The van der Waals surface area contributed by atoms with Crippen molar-refractivity contribution in [2.45, 2.75) is 17.9 Å². The molecule has 1 aliphatic rings. The topological polar surface area (TPSA) is 70.6 Å². The van der Waals surface area contributed by atoms with Crippen molar-refractivity contribution in [3.63, 3.8) is 0 Å². The van der Waals surface area contributed by atoms with Gasteiger partial charge in [0.25, 0.3) is 0 Å². The Morgan fingerprint density at radius 3 is 2.48 bits per heavy atom. The molecule has 0 amide bonds. The van der Waals surface area contributed by atoms with Crippen molar-refractivity contribution in [1.29, 1.82) is 0 Å². The zero-order chi connectivity index (χ0) is 19.8. The Hall–Kier alpha value is -2.17. The van der Waals surface area contributed by atoms with Crippen LogP contribution in [0.3, 0.4) is 0 Å². The number of methoxy groups -OCH3 is 1. The summed E-state index contributed by atoms with van der Waals surface area (Å²) in [7, 11) is 1.46. The Kier molecular flexibility index (Phi) is 5.15. The van der Waals surface area contributed by atoms with E-state index < -0.39 is 34.8 Å². The van der Waals surface area contributed by atoms with E-state index in [-0.39, 0.29) is 4.88 Å². The fourth-order valence-electron chi connectivity index (χ4n) is 3.00. The summed E-state index contributed by atoms with van der Waals surface area (Å²) in [5, 5.41) is 16.3. The number of Topliss-reactive ketones (excluding diaryl/α,β-unsaturated/α-hetero) is 1. The molecular formula is C17H15F3N2O3S2. The van der Waals surface area contributed by atoms with Crippen LogP contribution in [0.1, 0.15) is 21.3 Å². The monoisotopic (exact) mass is 416 g/mol. The first-order valence-electron chi connectivity index (χ1n) is 7.77. The van der Waals surface area contributed by atoms with Gasteiger partial charge >= 0.3 is 6.18 Å². The van der Waals surface area contributed by atoms with Gasteiger partial charge in [0.05, 0.1) is 18.0 Å². The predicted molar refractivity (Wildman–Crippen MR) is 97.7 cm³/mol. The van der Waals surface area contributed by atoms with Crippen LogP contribution >= 0.6 is 23.6 Å². The zero-order valence-electron chi connectivity index (χ0n) is 13.9. The number of ether oxygens (including phenoxy) is 1. The van der Waals surface area contributed by atoms with Crippen molar-refractivity contribution >= 4 is 34.5 Å². The number of aliphatic hydroxyl groups is 1. The summed E-state index contributed by atoms with van der Waals surface area (Å²) in [6.07, 6.45) is -5.14. The quantitative estimate of drug-likeness (QED) is 0.526. The summed E-state index contributed by atoms with van der Waals surface area (Å²) in [6, 6.07) is 7.95. The number of ketones is 1. The molecule has 144 valence electrons. The molecule has 2 aromatic rings. The second-order valence-electron chi connectivity index (χ2n) is 5.93. The van der Waals surface area contributed by atoms with Crippen LogP contribution in [0.25, 0.3) is 0 Å². The van der Waals surface area contributed by atoms with Gasteiger partial charge in [-0.1, -0.05) is 18.2 Å². The van der Waals surface area contributed by atoms with Crippen molar-refractivity contribution in [3.05, 3.63) is 52.2 Å². The molecule has 1 aromatic heterocycles. The molecule has 5 nitrogen and oxygen atoms in total. The van der Waals surface area contributed by atoms with Crippen molar-refractivity contribution in [3.8, 4) is 5.75 Å². The van der Waals surface area contributed by atoms with Gasteiger partial charge in [-0.25, -0.2) is 0 Å². The van der Waals surface area contributed by atoms with Gasteiger partial charge in [0.2, 0.25) is 5.72 Å². The molecule has 1 saturated heterocycles. The number of thiophene rings is 1. The van der Waals surface area contributed by atoms with Crippen LogP contribution in [-0.4, -0.2) is 35.0 Å². The summed E-state index contributed by atoms with van der Waals surface area (Å²) in [5.41, 5.74) is -3.15. The fraction of sp³-hybridized carbons (Fsp3) is 0.294. The second-order valence-corrected chi connectivity index (χ2v) is 7.29. The highest BCUT2D eigenvalue weighted by atomic mass is 32.1. The summed E-state index contributed by atoms with van der Waals surface area (Å²) in [6.45, 7) is 0. The number of carbonyl (C=O) groups is 1. The summed E-state index contributed by atoms with van der Waals surface area (Å²) >= 11 is 5.88. The highest BCUT2D eigenvalue weighted by molar-refractivity contribution is 7.80. The molecule has 2 heterocycles. The molecular weight excluding hydrogens is 401 g/mol. The average Bonchev–Trinajstić information content (AvgIpc) is 3.14. The van der Waals surface area contributed by atoms with E-state index in [1.165, 1.54) is 25.3 Å². The molecule has 1 aliphatic heterocycles. The van der Waals surface area contributed by atoms with Crippen LogP contribution in [0.4, 0.5) is 13.2 Å². The van der Waals surface area contributed by atoms with E-state index in [9.17, 15) is 23.1 Å². The van der Waals surface area contributed by atoms with E-state index in [1.807, 2.05) is 5.32 Å². The Labute approximate surface area is 162 Å². The SMILES string of the molecule is COc1ccc([C@H]2NC(=S)N[C@](O)(C(F)(F)F)[C@@H]2C(=O)c2cccs2)cc1.